The second-order valence-corrected chi connectivity index (χ2v) is 4.60. The van der Waals surface area contributed by atoms with Gasteiger partial charge in [0.15, 0.2) is 0 Å². The molecule has 0 atom stereocenters. The molecule has 0 aliphatic carbocycles. The minimum Gasteiger partial charge on any atom is -0.497 e. The maximum atomic E-state index is 13.9. The average molecular weight is 320 g/mol. The van der Waals surface area contributed by atoms with Crippen molar-refractivity contribution in [3.63, 3.8) is 0 Å². The van der Waals surface area contributed by atoms with Gasteiger partial charge >= 0.3 is 5.97 Å². The normalized spacial score (nSPS) is 10.1. The molecule has 2 aromatic carbocycles. The minimum absolute atomic E-state index is 0.0648. The SMILES string of the molecule is COc1ccc(C(=O)OCc2cc(OC)ccc2OC)c(F)c1. The number of rotatable bonds is 6. The van der Waals surface area contributed by atoms with Crippen LogP contribution >= 0.6 is 0 Å². The Balaban J connectivity index is 2.13. The number of methoxy groups -OCH3 is 3. The molecule has 5 nitrogen and oxygen atoms in total. The predicted octanol–water partition coefficient (Wildman–Crippen LogP) is 3.21. The first-order chi connectivity index (χ1) is 11.1. The van der Waals surface area contributed by atoms with Gasteiger partial charge in [-0.05, 0) is 30.3 Å². The zero-order valence-electron chi connectivity index (χ0n) is 13.1. The van der Waals surface area contributed by atoms with Crippen LogP contribution in [0.5, 0.6) is 17.2 Å². The second kappa shape index (κ2) is 7.49. The summed E-state index contributed by atoms with van der Waals surface area (Å²) in [6, 6.07) is 9.06. The Kier molecular flexibility index (Phi) is 5.41. The molecule has 0 saturated carbocycles. The van der Waals surface area contributed by atoms with E-state index >= 15 is 0 Å². The van der Waals surface area contributed by atoms with E-state index in [9.17, 15) is 9.18 Å². The Labute approximate surface area is 133 Å². The molecule has 0 saturated heterocycles. The van der Waals surface area contributed by atoms with Gasteiger partial charge in [0.1, 0.15) is 29.7 Å². The van der Waals surface area contributed by atoms with Crippen LogP contribution in [0.25, 0.3) is 0 Å². The van der Waals surface area contributed by atoms with Gasteiger partial charge in [0.05, 0.1) is 26.9 Å². The molecule has 0 N–H and O–H groups in total. The van der Waals surface area contributed by atoms with Crippen molar-refractivity contribution >= 4 is 5.97 Å². The van der Waals surface area contributed by atoms with E-state index < -0.39 is 11.8 Å². The lowest BCUT2D eigenvalue weighted by atomic mass is 10.2. The maximum absolute atomic E-state index is 13.9. The minimum atomic E-state index is -0.768. The molecule has 2 rings (SSSR count). The number of halogens is 1. The van der Waals surface area contributed by atoms with Crippen molar-refractivity contribution in [3.05, 3.63) is 53.3 Å². The summed E-state index contributed by atoms with van der Waals surface area (Å²) in [6.45, 7) is -0.0648. The molecule has 0 bridgehead atoms. The van der Waals surface area contributed by atoms with Crippen LogP contribution in [0.4, 0.5) is 4.39 Å². The van der Waals surface area contributed by atoms with Crippen LogP contribution in [0.2, 0.25) is 0 Å². The lowest BCUT2D eigenvalue weighted by Gasteiger charge is -2.11. The number of benzene rings is 2. The molecule has 6 heteroatoms. The highest BCUT2D eigenvalue weighted by atomic mass is 19.1. The molecule has 0 aliphatic rings. The van der Waals surface area contributed by atoms with Crippen molar-refractivity contribution in [2.45, 2.75) is 6.61 Å². The molecule has 0 aliphatic heterocycles. The van der Waals surface area contributed by atoms with E-state index in [4.69, 9.17) is 18.9 Å². The standard InChI is InChI=1S/C17H17FO5/c1-20-12-5-7-16(22-3)11(8-12)10-23-17(19)14-6-4-13(21-2)9-15(14)18/h4-9H,10H2,1-3H3. The van der Waals surface area contributed by atoms with Crippen LogP contribution < -0.4 is 14.2 Å². The smallest absolute Gasteiger partial charge is 0.341 e. The lowest BCUT2D eigenvalue weighted by Crippen LogP contribution is -2.08. The molecule has 0 amide bonds. The van der Waals surface area contributed by atoms with Crippen LogP contribution in [-0.4, -0.2) is 27.3 Å². The number of hydrogen-bond acceptors (Lipinski definition) is 5. The highest BCUT2D eigenvalue weighted by Gasteiger charge is 2.15. The number of carbonyl (C=O) groups is 1. The van der Waals surface area contributed by atoms with Crippen molar-refractivity contribution in [1.82, 2.24) is 0 Å². The van der Waals surface area contributed by atoms with Crippen molar-refractivity contribution in [3.8, 4) is 17.2 Å². The molecular formula is C17H17FO5. The van der Waals surface area contributed by atoms with Crippen LogP contribution in [-0.2, 0) is 11.3 Å². The maximum Gasteiger partial charge on any atom is 0.341 e. The molecule has 2 aromatic rings. The molecule has 0 fully saturated rings. The van der Waals surface area contributed by atoms with Crippen LogP contribution in [0.3, 0.4) is 0 Å². The quantitative estimate of drug-likeness (QED) is 0.765. The van der Waals surface area contributed by atoms with E-state index in [-0.39, 0.29) is 12.2 Å². The van der Waals surface area contributed by atoms with E-state index in [0.29, 0.717) is 22.8 Å². The monoisotopic (exact) mass is 320 g/mol. The number of hydrogen-bond donors (Lipinski definition) is 0. The molecule has 0 spiro atoms. The number of carbonyl (C=O) groups excluding carboxylic acids is 1. The van der Waals surface area contributed by atoms with Gasteiger partial charge in [-0.2, -0.15) is 0 Å². The van der Waals surface area contributed by atoms with E-state index in [1.807, 2.05) is 0 Å². The van der Waals surface area contributed by atoms with Crippen LogP contribution in [0.1, 0.15) is 15.9 Å². The fourth-order valence-electron chi connectivity index (χ4n) is 2.00. The largest absolute Gasteiger partial charge is 0.497 e. The highest BCUT2D eigenvalue weighted by Crippen LogP contribution is 2.25. The summed E-state index contributed by atoms with van der Waals surface area (Å²) in [7, 11) is 4.46. The zero-order chi connectivity index (χ0) is 16.8. The average Bonchev–Trinajstić information content (AvgIpc) is 2.59. The molecule has 0 radical (unpaired) electrons. The summed E-state index contributed by atoms with van der Waals surface area (Å²) in [5.41, 5.74) is 0.460. The topological polar surface area (TPSA) is 54.0 Å². The summed E-state index contributed by atoms with van der Waals surface area (Å²) < 4.78 is 34.2. The molecule has 0 unspecified atom stereocenters. The molecular weight excluding hydrogens is 303 g/mol. The van der Waals surface area contributed by atoms with Gasteiger partial charge < -0.3 is 18.9 Å². The van der Waals surface area contributed by atoms with Crippen molar-refractivity contribution in [2.75, 3.05) is 21.3 Å². The first-order valence-electron chi connectivity index (χ1n) is 6.80. The first kappa shape index (κ1) is 16.6. The fraction of sp³-hybridized carbons (Fsp3) is 0.235. The second-order valence-electron chi connectivity index (χ2n) is 4.60. The van der Waals surface area contributed by atoms with Gasteiger partial charge in [-0.1, -0.05) is 0 Å². The predicted molar refractivity (Wildman–Crippen MR) is 81.6 cm³/mol. The summed E-state index contributed by atoms with van der Waals surface area (Å²) in [5, 5.41) is 0. The third-order valence-electron chi connectivity index (χ3n) is 3.24. The Morgan fingerprint density at radius 3 is 2.22 bits per heavy atom. The molecule has 23 heavy (non-hydrogen) atoms. The highest BCUT2D eigenvalue weighted by molar-refractivity contribution is 5.89. The Morgan fingerprint density at radius 2 is 1.61 bits per heavy atom. The van der Waals surface area contributed by atoms with Gasteiger partial charge in [-0.15, -0.1) is 0 Å². The van der Waals surface area contributed by atoms with Gasteiger partial charge in [-0.3, -0.25) is 0 Å². The van der Waals surface area contributed by atoms with Crippen LogP contribution in [0, 0.1) is 5.82 Å². The van der Waals surface area contributed by atoms with E-state index in [2.05, 4.69) is 0 Å². The van der Waals surface area contributed by atoms with Gasteiger partial charge in [0, 0.05) is 11.6 Å². The van der Waals surface area contributed by atoms with Crippen LogP contribution in [0.15, 0.2) is 36.4 Å². The van der Waals surface area contributed by atoms with Gasteiger partial charge in [0.25, 0.3) is 0 Å². The van der Waals surface area contributed by atoms with Crippen molar-refractivity contribution in [1.29, 1.82) is 0 Å². The summed E-state index contributed by atoms with van der Waals surface area (Å²) >= 11 is 0. The molecule has 122 valence electrons. The fourth-order valence-corrected chi connectivity index (χ4v) is 2.00. The Hall–Kier alpha value is -2.76. The van der Waals surface area contributed by atoms with E-state index in [1.165, 1.54) is 33.5 Å². The molecule has 0 heterocycles. The zero-order valence-corrected chi connectivity index (χ0v) is 13.1. The third-order valence-corrected chi connectivity index (χ3v) is 3.24. The number of ether oxygens (including phenoxy) is 4. The lowest BCUT2D eigenvalue weighted by molar-refractivity contribution is 0.0464. The summed E-state index contributed by atoms with van der Waals surface area (Å²) in [6.07, 6.45) is 0. The Morgan fingerprint density at radius 1 is 0.957 bits per heavy atom. The van der Waals surface area contributed by atoms with Crippen molar-refractivity contribution < 1.29 is 28.1 Å². The van der Waals surface area contributed by atoms with Gasteiger partial charge in [0.2, 0.25) is 0 Å². The molecule has 0 aromatic heterocycles. The van der Waals surface area contributed by atoms with Gasteiger partial charge in [-0.25, -0.2) is 9.18 Å². The van der Waals surface area contributed by atoms with E-state index in [1.54, 1.807) is 18.2 Å². The first-order valence-corrected chi connectivity index (χ1v) is 6.80. The summed E-state index contributed by atoms with van der Waals surface area (Å²) in [4.78, 5) is 12.0. The number of esters is 1. The van der Waals surface area contributed by atoms with Crippen molar-refractivity contribution in [2.24, 2.45) is 0 Å². The van der Waals surface area contributed by atoms with E-state index in [0.717, 1.165) is 6.07 Å². The third kappa shape index (κ3) is 3.91. The summed E-state index contributed by atoms with van der Waals surface area (Å²) in [5.74, 6) is 0.0109. The Bertz CT molecular complexity index is 699.